The van der Waals surface area contributed by atoms with Crippen molar-refractivity contribution < 1.29 is 14.7 Å². The number of rotatable bonds is 1. The number of ketones is 2. The van der Waals surface area contributed by atoms with Crippen LogP contribution < -0.4 is 0 Å². The second kappa shape index (κ2) is 5.14. The van der Waals surface area contributed by atoms with E-state index in [1.807, 2.05) is 6.08 Å². The van der Waals surface area contributed by atoms with Crippen LogP contribution in [0.1, 0.15) is 59.3 Å². The number of fused-ring (bicyclic) bond motifs is 5. The summed E-state index contributed by atoms with van der Waals surface area (Å²) in [6, 6.07) is 0. The quantitative estimate of drug-likeness (QED) is 0.748. The van der Waals surface area contributed by atoms with E-state index in [0.29, 0.717) is 18.3 Å². The van der Waals surface area contributed by atoms with Gasteiger partial charge in [0.05, 0.1) is 6.10 Å². The van der Waals surface area contributed by atoms with Gasteiger partial charge in [-0.1, -0.05) is 31.1 Å². The van der Waals surface area contributed by atoms with E-state index in [0.717, 1.165) is 32.1 Å². The summed E-state index contributed by atoms with van der Waals surface area (Å²) in [6.45, 7) is 6.08. The molecule has 0 aliphatic heterocycles. The molecule has 4 rings (SSSR count). The van der Waals surface area contributed by atoms with Crippen LogP contribution in [-0.4, -0.2) is 22.8 Å². The largest absolute Gasteiger partial charge is 0.392 e. The standard InChI is InChI=1S/C21H28O3/c1-12(22)16-6-7-17-15-5-4-13-10-14(23)8-9-20(13,2)18(15)11-19(24)21(16,17)3/h7,10,15-16,18-19,24H,4-6,8-9,11H2,1-3H3. The lowest BCUT2D eigenvalue weighted by Crippen LogP contribution is -2.54. The maximum Gasteiger partial charge on any atom is 0.155 e. The lowest BCUT2D eigenvalue weighted by atomic mass is 9.47. The van der Waals surface area contributed by atoms with Crippen LogP contribution in [0.3, 0.4) is 0 Å². The molecular formula is C21H28O3. The molecule has 0 aromatic carbocycles. The summed E-state index contributed by atoms with van der Waals surface area (Å²) in [5.74, 6) is 1.25. The van der Waals surface area contributed by atoms with E-state index in [1.165, 1.54) is 11.1 Å². The lowest BCUT2D eigenvalue weighted by Gasteiger charge is -2.57. The fraction of sp³-hybridized carbons (Fsp3) is 0.714. The van der Waals surface area contributed by atoms with Gasteiger partial charge in [0.2, 0.25) is 0 Å². The van der Waals surface area contributed by atoms with Crippen molar-refractivity contribution in [2.45, 2.75) is 65.4 Å². The number of aliphatic hydroxyl groups excluding tert-OH is 1. The average molecular weight is 328 g/mol. The van der Waals surface area contributed by atoms with Crippen LogP contribution in [0.15, 0.2) is 23.3 Å². The van der Waals surface area contributed by atoms with Gasteiger partial charge in [0.25, 0.3) is 0 Å². The van der Waals surface area contributed by atoms with Gasteiger partial charge in [-0.2, -0.15) is 0 Å². The molecule has 2 saturated carbocycles. The van der Waals surface area contributed by atoms with Gasteiger partial charge in [-0.25, -0.2) is 0 Å². The van der Waals surface area contributed by atoms with Crippen molar-refractivity contribution in [2.24, 2.45) is 28.6 Å². The van der Waals surface area contributed by atoms with Crippen LogP contribution in [0.5, 0.6) is 0 Å². The summed E-state index contributed by atoms with van der Waals surface area (Å²) >= 11 is 0. The van der Waals surface area contributed by atoms with Gasteiger partial charge in [-0.3, -0.25) is 9.59 Å². The molecule has 0 heterocycles. The van der Waals surface area contributed by atoms with Crippen molar-refractivity contribution in [3.63, 3.8) is 0 Å². The van der Waals surface area contributed by atoms with Crippen molar-refractivity contribution in [3.05, 3.63) is 23.3 Å². The van der Waals surface area contributed by atoms with Crippen molar-refractivity contribution in [2.75, 3.05) is 0 Å². The first-order valence-electron chi connectivity index (χ1n) is 9.41. The SMILES string of the molecule is CC(=O)C1CC=C2C3CCC4=CC(=O)CCC4(C)C3CC(O)C21C. The third-order valence-corrected chi connectivity index (χ3v) is 7.97. The number of hydrogen-bond acceptors (Lipinski definition) is 3. The van der Waals surface area contributed by atoms with Crippen LogP contribution in [0.25, 0.3) is 0 Å². The van der Waals surface area contributed by atoms with Crippen LogP contribution in [-0.2, 0) is 9.59 Å². The monoisotopic (exact) mass is 328 g/mol. The molecule has 3 nitrogen and oxygen atoms in total. The summed E-state index contributed by atoms with van der Waals surface area (Å²) < 4.78 is 0. The van der Waals surface area contributed by atoms with Crippen molar-refractivity contribution in [3.8, 4) is 0 Å². The summed E-state index contributed by atoms with van der Waals surface area (Å²) in [6.07, 6.45) is 8.80. The Kier molecular flexibility index (Phi) is 3.48. The molecular weight excluding hydrogens is 300 g/mol. The molecule has 4 aliphatic rings. The molecule has 1 N–H and O–H groups in total. The zero-order valence-corrected chi connectivity index (χ0v) is 15.0. The molecule has 0 spiro atoms. The Labute approximate surface area is 144 Å². The zero-order valence-electron chi connectivity index (χ0n) is 15.0. The molecule has 0 aromatic heterocycles. The van der Waals surface area contributed by atoms with Gasteiger partial charge < -0.3 is 5.11 Å². The molecule has 3 heteroatoms. The molecule has 6 unspecified atom stereocenters. The van der Waals surface area contributed by atoms with E-state index >= 15 is 0 Å². The summed E-state index contributed by atoms with van der Waals surface area (Å²) in [7, 11) is 0. The topological polar surface area (TPSA) is 54.4 Å². The van der Waals surface area contributed by atoms with Crippen molar-refractivity contribution in [1.82, 2.24) is 0 Å². The van der Waals surface area contributed by atoms with Crippen LogP contribution in [0.2, 0.25) is 0 Å². The molecule has 0 radical (unpaired) electrons. The minimum atomic E-state index is -0.463. The minimum Gasteiger partial charge on any atom is -0.392 e. The molecule has 0 saturated heterocycles. The van der Waals surface area contributed by atoms with E-state index in [-0.39, 0.29) is 28.3 Å². The number of aliphatic hydroxyl groups is 1. The van der Waals surface area contributed by atoms with E-state index in [1.54, 1.807) is 6.92 Å². The fourth-order valence-electron chi connectivity index (χ4n) is 6.47. The van der Waals surface area contributed by atoms with Gasteiger partial charge in [-0.05, 0) is 62.4 Å². The van der Waals surface area contributed by atoms with Crippen LogP contribution >= 0.6 is 0 Å². The lowest BCUT2D eigenvalue weighted by molar-refractivity contribution is -0.130. The summed E-state index contributed by atoms with van der Waals surface area (Å²) in [5, 5.41) is 11.1. The van der Waals surface area contributed by atoms with E-state index in [4.69, 9.17) is 0 Å². The maximum atomic E-state index is 12.1. The molecule has 0 aromatic rings. The smallest absolute Gasteiger partial charge is 0.155 e. The highest BCUT2D eigenvalue weighted by Gasteiger charge is 2.60. The number of carbonyl (C=O) groups is 2. The van der Waals surface area contributed by atoms with Gasteiger partial charge >= 0.3 is 0 Å². The molecule has 4 aliphatic carbocycles. The summed E-state index contributed by atoms with van der Waals surface area (Å²) in [5.41, 5.74) is 2.30. The molecule has 0 bridgehead atoms. The highest BCUT2D eigenvalue weighted by atomic mass is 16.3. The molecule has 0 amide bonds. The Hall–Kier alpha value is -1.22. The average Bonchev–Trinajstić information content (AvgIpc) is 2.88. The maximum absolute atomic E-state index is 12.1. The molecule has 6 atom stereocenters. The number of hydrogen-bond donors (Lipinski definition) is 1. The first kappa shape index (κ1) is 16.3. The molecule has 2 fully saturated rings. The van der Waals surface area contributed by atoms with E-state index in [9.17, 15) is 14.7 Å². The van der Waals surface area contributed by atoms with Crippen LogP contribution in [0, 0.1) is 28.6 Å². The van der Waals surface area contributed by atoms with Gasteiger partial charge in [-0.15, -0.1) is 0 Å². The highest BCUT2D eigenvalue weighted by Crippen LogP contribution is 2.64. The van der Waals surface area contributed by atoms with E-state index < -0.39 is 6.10 Å². The third-order valence-electron chi connectivity index (χ3n) is 7.97. The zero-order chi connectivity index (χ0) is 17.3. The van der Waals surface area contributed by atoms with Crippen molar-refractivity contribution in [1.29, 1.82) is 0 Å². The van der Waals surface area contributed by atoms with Crippen molar-refractivity contribution >= 4 is 11.6 Å². The van der Waals surface area contributed by atoms with Gasteiger partial charge in [0.1, 0.15) is 5.78 Å². The first-order valence-corrected chi connectivity index (χ1v) is 9.41. The Morgan fingerprint density at radius 2 is 2.04 bits per heavy atom. The predicted molar refractivity (Wildman–Crippen MR) is 92.2 cm³/mol. The second-order valence-electron chi connectivity index (χ2n) is 8.90. The molecule has 130 valence electrons. The highest BCUT2D eigenvalue weighted by molar-refractivity contribution is 5.91. The Balaban J connectivity index is 1.74. The van der Waals surface area contributed by atoms with Gasteiger partial charge in [0, 0.05) is 17.8 Å². The Morgan fingerprint density at radius 3 is 2.75 bits per heavy atom. The fourth-order valence-corrected chi connectivity index (χ4v) is 6.47. The minimum absolute atomic E-state index is 0.0360. The Morgan fingerprint density at radius 1 is 1.29 bits per heavy atom. The number of Topliss-reactive ketones (excluding diaryl/α,β-unsaturated/α-hetero) is 1. The van der Waals surface area contributed by atoms with Crippen LogP contribution in [0.4, 0.5) is 0 Å². The first-order chi connectivity index (χ1) is 11.3. The van der Waals surface area contributed by atoms with E-state index in [2.05, 4.69) is 19.9 Å². The third kappa shape index (κ3) is 1.94. The Bertz CT molecular complexity index is 673. The predicted octanol–water partition coefficient (Wildman–Crippen LogP) is 3.61. The number of allylic oxidation sites excluding steroid dienone is 3. The normalized spacial score (nSPS) is 47.2. The number of carbonyl (C=O) groups excluding carboxylic acids is 2. The second-order valence-corrected chi connectivity index (χ2v) is 8.90. The molecule has 24 heavy (non-hydrogen) atoms. The summed E-state index contributed by atoms with van der Waals surface area (Å²) in [4.78, 5) is 24.0. The van der Waals surface area contributed by atoms with Gasteiger partial charge in [0.15, 0.2) is 5.78 Å².